The van der Waals surface area contributed by atoms with Crippen molar-refractivity contribution in [2.45, 2.75) is 20.0 Å². The van der Waals surface area contributed by atoms with E-state index in [0.29, 0.717) is 11.3 Å². The summed E-state index contributed by atoms with van der Waals surface area (Å²) >= 11 is 0. The Balaban J connectivity index is 2.30. The third kappa shape index (κ3) is 2.93. The third-order valence-corrected chi connectivity index (χ3v) is 2.52. The lowest BCUT2D eigenvalue weighted by molar-refractivity contribution is 0.0691. The van der Waals surface area contributed by atoms with Crippen LogP contribution in [0.2, 0.25) is 0 Å². The van der Waals surface area contributed by atoms with E-state index in [-0.39, 0.29) is 17.5 Å². The Labute approximate surface area is 109 Å². The van der Waals surface area contributed by atoms with E-state index < -0.39 is 11.8 Å². The molecule has 0 bridgehead atoms. The molecule has 0 aliphatic rings. The summed E-state index contributed by atoms with van der Waals surface area (Å²) < 4.78 is 19.1. The van der Waals surface area contributed by atoms with E-state index in [2.05, 4.69) is 4.98 Å². The van der Waals surface area contributed by atoms with Gasteiger partial charge in [-0.05, 0) is 44.2 Å². The van der Waals surface area contributed by atoms with Gasteiger partial charge in [0.05, 0.1) is 6.10 Å². The second-order valence-electron chi connectivity index (χ2n) is 4.40. The van der Waals surface area contributed by atoms with Crippen LogP contribution in [0.25, 0.3) is 11.3 Å². The van der Waals surface area contributed by atoms with Gasteiger partial charge in [0.2, 0.25) is 0 Å². The Morgan fingerprint density at radius 2 is 2.05 bits per heavy atom. The van der Waals surface area contributed by atoms with E-state index in [1.54, 1.807) is 12.1 Å². The average molecular weight is 263 g/mol. The number of carboxylic acids is 1. The van der Waals surface area contributed by atoms with Crippen molar-refractivity contribution in [2.75, 3.05) is 0 Å². The van der Waals surface area contributed by atoms with Gasteiger partial charge in [-0.15, -0.1) is 0 Å². The highest BCUT2D eigenvalue weighted by atomic mass is 19.1. The van der Waals surface area contributed by atoms with Gasteiger partial charge < -0.3 is 14.8 Å². The SMILES string of the molecule is CC(C)Oc1ccc(-c2ccc(C(=O)O)[nH]2)cc1F. The molecule has 1 aromatic carbocycles. The first-order valence-corrected chi connectivity index (χ1v) is 5.86. The van der Waals surface area contributed by atoms with E-state index >= 15 is 0 Å². The number of hydrogen-bond donors (Lipinski definition) is 2. The van der Waals surface area contributed by atoms with Crippen LogP contribution in [0, 0.1) is 5.82 Å². The number of benzene rings is 1. The average Bonchev–Trinajstić information content (AvgIpc) is 2.80. The number of aromatic carboxylic acids is 1. The molecule has 2 N–H and O–H groups in total. The molecule has 2 rings (SSSR count). The van der Waals surface area contributed by atoms with Crippen molar-refractivity contribution >= 4 is 5.97 Å². The van der Waals surface area contributed by atoms with Gasteiger partial charge in [0.15, 0.2) is 11.6 Å². The lowest BCUT2D eigenvalue weighted by Crippen LogP contribution is -2.06. The minimum Gasteiger partial charge on any atom is -0.488 e. The van der Waals surface area contributed by atoms with Crippen molar-refractivity contribution in [2.24, 2.45) is 0 Å². The molecule has 1 aromatic heterocycles. The number of H-pyrrole nitrogens is 1. The number of ether oxygens (including phenoxy) is 1. The Morgan fingerprint density at radius 1 is 1.32 bits per heavy atom. The van der Waals surface area contributed by atoms with E-state index in [4.69, 9.17) is 9.84 Å². The minimum absolute atomic E-state index is 0.0675. The molecule has 0 saturated heterocycles. The quantitative estimate of drug-likeness (QED) is 0.889. The molecule has 0 radical (unpaired) electrons. The summed E-state index contributed by atoms with van der Waals surface area (Å²) in [6.07, 6.45) is -0.107. The van der Waals surface area contributed by atoms with Gasteiger partial charge in [0.25, 0.3) is 0 Å². The fraction of sp³-hybridized carbons (Fsp3) is 0.214. The molecule has 2 aromatic rings. The summed E-state index contributed by atoms with van der Waals surface area (Å²) in [5.41, 5.74) is 1.19. The maximum Gasteiger partial charge on any atom is 0.352 e. The van der Waals surface area contributed by atoms with Crippen LogP contribution in [0.1, 0.15) is 24.3 Å². The third-order valence-electron chi connectivity index (χ3n) is 2.52. The van der Waals surface area contributed by atoms with Gasteiger partial charge >= 0.3 is 5.97 Å². The number of hydrogen-bond acceptors (Lipinski definition) is 2. The zero-order valence-corrected chi connectivity index (χ0v) is 10.6. The first-order chi connectivity index (χ1) is 8.97. The molecule has 19 heavy (non-hydrogen) atoms. The summed E-state index contributed by atoms with van der Waals surface area (Å²) in [6, 6.07) is 7.56. The largest absolute Gasteiger partial charge is 0.488 e. The number of aromatic nitrogens is 1. The first-order valence-electron chi connectivity index (χ1n) is 5.86. The van der Waals surface area contributed by atoms with Crippen LogP contribution in [0.15, 0.2) is 30.3 Å². The molecular formula is C14H14FNO3. The smallest absolute Gasteiger partial charge is 0.352 e. The van der Waals surface area contributed by atoms with E-state index in [9.17, 15) is 9.18 Å². The fourth-order valence-corrected chi connectivity index (χ4v) is 1.71. The fourth-order valence-electron chi connectivity index (χ4n) is 1.71. The van der Waals surface area contributed by atoms with E-state index in [0.717, 1.165) is 0 Å². The standard InChI is InChI=1S/C14H14FNO3/c1-8(2)19-13-6-3-9(7-10(13)15)11-4-5-12(16-11)14(17)18/h3-8,16H,1-2H3,(H,17,18). The Kier molecular flexibility index (Phi) is 3.55. The number of aromatic amines is 1. The summed E-state index contributed by atoms with van der Waals surface area (Å²) in [7, 11) is 0. The number of rotatable bonds is 4. The lowest BCUT2D eigenvalue weighted by Gasteiger charge is -2.11. The Morgan fingerprint density at radius 3 is 2.58 bits per heavy atom. The Hall–Kier alpha value is -2.30. The monoisotopic (exact) mass is 263 g/mol. The topological polar surface area (TPSA) is 62.3 Å². The molecule has 4 nitrogen and oxygen atoms in total. The molecule has 1 heterocycles. The minimum atomic E-state index is -1.05. The highest BCUT2D eigenvalue weighted by Crippen LogP contribution is 2.25. The van der Waals surface area contributed by atoms with Crippen LogP contribution >= 0.6 is 0 Å². The maximum atomic E-state index is 13.8. The summed E-state index contributed by atoms with van der Waals surface area (Å²) in [6.45, 7) is 3.63. The van der Waals surface area contributed by atoms with Crippen molar-refractivity contribution in [3.05, 3.63) is 41.8 Å². The van der Waals surface area contributed by atoms with Crippen LogP contribution in [0.3, 0.4) is 0 Å². The molecule has 0 aliphatic heterocycles. The zero-order chi connectivity index (χ0) is 14.0. The van der Waals surface area contributed by atoms with Gasteiger partial charge in [-0.1, -0.05) is 0 Å². The van der Waals surface area contributed by atoms with Crippen molar-refractivity contribution in [1.29, 1.82) is 0 Å². The van der Waals surface area contributed by atoms with Crippen LogP contribution in [-0.2, 0) is 0 Å². The first kappa shape index (κ1) is 13.1. The van der Waals surface area contributed by atoms with Gasteiger partial charge in [0, 0.05) is 11.3 Å². The van der Waals surface area contributed by atoms with Crippen molar-refractivity contribution in [3.8, 4) is 17.0 Å². The van der Waals surface area contributed by atoms with E-state index in [1.807, 2.05) is 13.8 Å². The Bertz CT molecular complexity index is 604. The molecule has 0 fully saturated rings. The van der Waals surface area contributed by atoms with Crippen molar-refractivity contribution in [3.63, 3.8) is 0 Å². The highest BCUT2D eigenvalue weighted by Gasteiger charge is 2.10. The molecule has 100 valence electrons. The molecule has 0 amide bonds. The molecule has 5 heteroatoms. The normalized spacial score (nSPS) is 10.7. The van der Waals surface area contributed by atoms with Gasteiger partial charge in [0.1, 0.15) is 5.69 Å². The van der Waals surface area contributed by atoms with Crippen LogP contribution in [-0.4, -0.2) is 22.2 Å². The molecule has 0 aliphatic carbocycles. The predicted octanol–water partition coefficient (Wildman–Crippen LogP) is 3.31. The van der Waals surface area contributed by atoms with Crippen molar-refractivity contribution < 1.29 is 19.0 Å². The van der Waals surface area contributed by atoms with E-state index in [1.165, 1.54) is 18.2 Å². The molecule has 0 spiro atoms. The van der Waals surface area contributed by atoms with Crippen LogP contribution in [0.4, 0.5) is 4.39 Å². The van der Waals surface area contributed by atoms with Gasteiger partial charge in [-0.25, -0.2) is 9.18 Å². The summed E-state index contributed by atoms with van der Waals surface area (Å²) in [5.74, 6) is -1.34. The molecular weight excluding hydrogens is 249 g/mol. The van der Waals surface area contributed by atoms with Gasteiger partial charge in [-0.3, -0.25) is 0 Å². The van der Waals surface area contributed by atoms with Crippen LogP contribution < -0.4 is 4.74 Å². The number of carboxylic acid groups (broad SMARTS) is 1. The lowest BCUT2D eigenvalue weighted by atomic mass is 10.1. The zero-order valence-electron chi connectivity index (χ0n) is 10.6. The maximum absolute atomic E-state index is 13.8. The summed E-state index contributed by atoms with van der Waals surface area (Å²) in [4.78, 5) is 13.5. The second kappa shape index (κ2) is 5.14. The van der Waals surface area contributed by atoms with Crippen molar-refractivity contribution in [1.82, 2.24) is 4.98 Å². The second-order valence-corrected chi connectivity index (χ2v) is 4.40. The molecule has 0 saturated carbocycles. The predicted molar refractivity (Wildman–Crippen MR) is 68.9 cm³/mol. The number of halogens is 1. The van der Waals surface area contributed by atoms with Crippen LogP contribution in [0.5, 0.6) is 5.75 Å². The molecule has 0 atom stereocenters. The van der Waals surface area contributed by atoms with Gasteiger partial charge in [-0.2, -0.15) is 0 Å². The molecule has 0 unspecified atom stereocenters. The highest BCUT2D eigenvalue weighted by molar-refractivity contribution is 5.86. The number of carbonyl (C=O) groups is 1. The number of nitrogens with one attached hydrogen (secondary N) is 1. The summed E-state index contributed by atoms with van der Waals surface area (Å²) in [5, 5.41) is 8.82.